The molecule has 0 fully saturated rings. The Hall–Kier alpha value is -0.710. The van der Waals surface area contributed by atoms with Gasteiger partial charge in [-0.2, -0.15) is 12.6 Å². The molecular weight excluding hydrogens is 293 g/mol. The van der Waals surface area contributed by atoms with Gasteiger partial charge in [0.2, 0.25) is 5.91 Å². The van der Waals surface area contributed by atoms with Crippen LogP contribution in [0.5, 0.6) is 0 Å². The van der Waals surface area contributed by atoms with Gasteiger partial charge in [-0.1, -0.05) is 23.7 Å². The Labute approximate surface area is 121 Å². The number of hydrogen-bond acceptors (Lipinski definition) is 3. The summed E-state index contributed by atoms with van der Waals surface area (Å²) in [6.07, 6.45) is 0. The summed E-state index contributed by atoms with van der Waals surface area (Å²) in [6, 6.07) is 6.61. The Morgan fingerprint density at radius 1 is 1.28 bits per heavy atom. The van der Waals surface area contributed by atoms with Crippen LogP contribution in [-0.4, -0.2) is 22.2 Å². The molecular formula is C12H13Cl2NO2S. The predicted octanol–water partition coefficient (Wildman–Crippen LogP) is 3.91. The van der Waals surface area contributed by atoms with Crippen molar-refractivity contribution >= 4 is 47.1 Å². The van der Waals surface area contributed by atoms with E-state index in [4.69, 9.17) is 23.2 Å². The monoisotopic (exact) mass is 305 g/mol. The smallest absolute Gasteiger partial charge is 0.275 e. The second kappa shape index (κ2) is 6.45. The highest BCUT2D eigenvalue weighted by Gasteiger charge is 2.28. The van der Waals surface area contributed by atoms with E-state index in [9.17, 15) is 9.59 Å². The van der Waals surface area contributed by atoms with Crippen molar-refractivity contribution in [3.05, 3.63) is 34.9 Å². The molecule has 98 valence electrons. The lowest BCUT2D eigenvalue weighted by molar-refractivity contribution is -0.127. The lowest BCUT2D eigenvalue weighted by Gasteiger charge is -2.28. The van der Waals surface area contributed by atoms with Crippen molar-refractivity contribution < 1.29 is 9.59 Å². The van der Waals surface area contributed by atoms with Crippen molar-refractivity contribution in [1.82, 2.24) is 4.90 Å². The van der Waals surface area contributed by atoms with Crippen molar-refractivity contribution in [2.24, 2.45) is 0 Å². The fourth-order valence-corrected chi connectivity index (χ4v) is 2.35. The van der Waals surface area contributed by atoms with Gasteiger partial charge in [-0.05, 0) is 36.2 Å². The highest BCUT2D eigenvalue weighted by atomic mass is 35.5. The van der Waals surface area contributed by atoms with Gasteiger partial charge >= 0.3 is 5.37 Å². The van der Waals surface area contributed by atoms with Crippen molar-refractivity contribution in [1.29, 1.82) is 0 Å². The molecule has 1 aromatic carbocycles. The molecule has 2 amide bonds. The van der Waals surface area contributed by atoms with Gasteiger partial charge < -0.3 is 0 Å². The first kappa shape index (κ1) is 15.3. The molecule has 3 nitrogen and oxygen atoms in total. The van der Waals surface area contributed by atoms with Gasteiger partial charge in [0.05, 0.1) is 6.04 Å². The van der Waals surface area contributed by atoms with Crippen LogP contribution >= 0.6 is 35.8 Å². The topological polar surface area (TPSA) is 37.4 Å². The number of hydrogen-bond donors (Lipinski definition) is 1. The van der Waals surface area contributed by atoms with Crippen LogP contribution in [0.25, 0.3) is 0 Å². The number of amides is 2. The van der Waals surface area contributed by atoms with Gasteiger partial charge in [-0.15, -0.1) is 0 Å². The van der Waals surface area contributed by atoms with Crippen LogP contribution < -0.4 is 0 Å². The van der Waals surface area contributed by atoms with Gasteiger partial charge in [0, 0.05) is 17.2 Å². The largest absolute Gasteiger partial charge is 0.323 e. The molecule has 0 radical (unpaired) electrons. The summed E-state index contributed by atoms with van der Waals surface area (Å²) < 4.78 is 0. The summed E-state index contributed by atoms with van der Waals surface area (Å²) in [7, 11) is 0. The van der Waals surface area contributed by atoms with E-state index >= 15 is 0 Å². The first-order valence-electron chi connectivity index (χ1n) is 5.27. The molecule has 0 aromatic heterocycles. The van der Waals surface area contributed by atoms with Gasteiger partial charge in [-0.3, -0.25) is 14.5 Å². The third-order valence-corrected chi connectivity index (χ3v) is 3.77. The Morgan fingerprint density at radius 3 is 2.17 bits per heavy atom. The summed E-state index contributed by atoms with van der Waals surface area (Å²) in [5, 5.41) is -0.513. The average molecular weight is 306 g/mol. The molecule has 0 N–H and O–H groups in total. The van der Waals surface area contributed by atoms with Crippen LogP contribution in [0.3, 0.4) is 0 Å². The second-order valence-electron chi connectivity index (χ2n) is 3.88. The van der Waals surface area contributed by atoms with Crippen LogP contribution in [0.15, 0.2) is 24.3 Å². The predicted molar refractivity (Wildman–Crippen MR) is 76.4 cm³/mol. The molecule has 0 aliphatic rings. The van der Waals surface area contributed by atoms with Crippen molar-refractivity contribution in [2.75, 3.05) is 0 Å². The van der Waals surface area contributed by atoms with Gasteiger partial charge in [0.1, 0.15) is 0 Å². The number of halogens is 2. The zero-order chi connectivity index (χ0) is 13.9. The molecule has 0 saturated carbocycles. The Bertz CT molecular complexity index is 436. The molecule has 1 rings (SSSR count). The zero-order valence-electron chi connectivity index (χ0n) is 9.93. The maximum Gasteiger partial charge on any atom is 0.323 e. The number of carbonyl (C=O) groups is 2. The van der Waals surface area contributed by atoms with Crippen molar-refractivity contribution in [3.63, 3.8) is 0 Å². The molecule has 0 heterocycles. The fraction of sp³-hybridized carbons (Fsp3) is 0.333. The van der Waals surface area contributed by atoms with Gasteiger partial charge in [0.15, 0.2) is 0 Å². The minimum atomic E-state index is -0.803. The molecule has 0 aliphatic heterocycles. The molecule has 2 unspecified atom stereocenters. The highest BCUT2D eigenvalue weighted by Crippen LogP contribution is 2.28. The fourth-order valence-electron chi connectivity index (χ4n) is 1.65. The molecule has 18 heavy (non-hydrogen) atoms. The summed E-state index contributed by atoms with van der Waals surface area (Å²) >= 11 is 15.6. The third kappa shape index (κ3) is 3.64. The number of carbonyl (C=O) groups excluding carboxylic acids is 2. The van der Waals surface area contributed by atoms with Gasteiger partial charge in [-0.25, -0.2) is 0 Å². The second-order valence-corrected chi connectivity index (χ2v) is 5.20. The Kier molecular flexibility index (Phi) is 5.50. The normalized spacial score (nSPS) is 13.8. The number of thiol groups is 1. The van der Waals surface area contributed by atoms with Crippen LogP contribution in [-0.2, 0) is 4.79 Å². The zero-order valence-corrected chi connectivity index (χ0v) is 12.3. The van der Waals surface area contributed by atoms with Crippen LogP contribution in [0.1, 0.15) is 24.7 Å². The molecule has 6 heteroatoms. The lowest BCUT2D eigenvalue weighted by atomic mass is 10.1. The van der Waals surface area contributed by atoms with E-state index in [1.807, 2.05) is 0 Å². The molecule has 0 spiro atoms. The standard InChI is InChI=1S/C12H13Cl2NO2S/c1-7(15(8(2)16)12(14)17)11(18)9-3-5-10(13)6-4-9/h3-7,11,18H,1-2H3. The Balaban J connectivity index is 2.94. The van der Waals surface area contributed by atoms with E-state index in [2.05, 4.69) is 12.6 Å². The molecule has 1 aromatic rings. The minimum Gasteiger partial charge on any atom is -0.275 e. The highest BCUT2D eigenvalue weighted by molar-refractivity contribution is 7.80. The minimum absolute atomic E-state index is 0.325. The average Bonchev–Trinajstić information content (AvgIpc) is 2.28. The number of benzene rings is 1. The van der Waals surface area contributed by atoms with E-state index in [0.717, 1.165) is 10.5 Å². The van der Waals surface area contributed by atoms with Crippen LogP contribution in [0.2, 0.25) is 5.02 Å². The van der Waals surface area contributed by atoms with Crippen molar-refractivity contribution in [2.45, 2.75) is 25.1 Å². The first-order valence-corrected chi connectivity index (χ1v) is 6.54. The number of imide groups is 1. The molecule has 0 aliphatic carbocycles. The van der Waals surface area contributed by atoms with E-state index in [-0.39, 0.29) is 5.25 Å². The van der Waals surface area contributed by atoms with Gasteiger partial charge in [0.25, 0.3) is 0 Å². The Morgan fingerprint density at radius 2 is 1.78 bits per heavy atom. The third-order valence-electron chi connectivity index (χ3n) is 2.60. The molecule has 0 saturated heterocycles. The molecule has 0 bridgehead atoms. The SMILES string of the molecule is CC(=O)N(C(=O)Cl)C(C)C(S)c1ccc(Cl)cc1. The lowest BCUT2D eigenvalue weighted by Crippen LogP contribution is -2.41. The first-order chi connectivity index (χ1) is 8.34. The summed E-state index contributed by atoms with van der Waals surface area (Å²) in [5.41, 5.74) is 0.861. The summed E-state index contributed by atoms with van der Waals surface area (Å²) in [6.45, 7) is 3.01. The quantitative estimate of drug-likeness (QED) is 0.522. The summed E-state index contributed by atoms with van der Waals surface area (Å²) in [4.78, 5) is 23.6. The maximum absolute atomic E-state index is 11.4. The van der Waals surface area contributed by atoms with Crippen molar-refractivity contribution in [3.8, 4) is 0 Å². The number of rotatable bonds is 3. The maximum atomic E-state index is 11.4. The van der Waals surface area contributed by atoms with E-state index in [0.29, 0.717) is 5.02 Å². The van der Waals surface area contributed by atoms with E-state index in [1.165, 1.54) is 6.92 Å². The van der Waals surface area contributed by atoms with Crippen LogP contribution in [0.4, 0.5) is 4.79 Å². The molecule has 2 atom stereocenters. The van der Waals surface area contributed by atoms with Crippen LogP contribution in [0, 0.1) is 0 Å². The van der Waals surface area contributed by atoms with E-state index in [1.54, 1.807) is 31.2 Å². The number of nitrogens with zero attached hydrogens (tertiary/aromatic N) is 1. The summed E-state index contributed by atoms with van der Waals surface area (Å²) in [5.74, 6) is -0.407. The van der Waals surface area contributed by atoms with E-state index < -0.39 is 17.3 Å².